The minimum absolute atomic E-state index is 0.0800. The van der Waals surface area contributed by atoms with Gasteiger partial charge in [0.05, 0.1) is 7.11 Å². The van der Waals surface area contributed by atoms with Gasteiger partial charge in [-0.1, -0.05) is 26.0 Å². The molecule has 1 aromatic carbocycles. The van der Waals surface area contributed by atoms with Gasteiger partial charge in [0.15, 0.2) is 0 Å². The van der Waals surface area contributed by atoms with E-state index in [2.05, 4.69) is 26.0 Å². The lowest BCUT2D eigenvalue weighted by molar-refractivity contribution is 0.405. The lowest BCUT2D eigenvalue weighted by Gasteiger charge is -2.15. The average Bonchev–Trinajstić information content (AvgIpc) is 2.27. The van der Waals surface area contributed by atoms with Crippen LogP contribution in [0.25, 0.3) is 0 Å². The number of hydrogen-bond acceptors (Lipinski definition) is 2. The maximum Gasteiger partial charge on any atom is 0.123 e. The van der Waals surface area contributed by atoms with E-state index in [9.17, 15) is 0 Å². The summed E-state index contributed by atoms with van der Waals surface area (Å²) in [6.07, 6.45) is 1.97. The molecule has 0 aliphatic rings. The number of aryl methyl sites for hydroxylation is 1. The molecule has 0 amide bonds. The normalized spacial score (nSPS) is 12.6. The highest BCUT2D eigenvalue weighted by atomic mass is 16.5. The molecule has 2 N–H and O–H groups in total. The largest absolute Gasteiger partial charge is 0.496 e. The van der Waals surface area contributed by atoms with E-state index < -0.39 is 0 Å². The van der Waals surface area contributed by atoms with E-state index in [0.717, 1.165) is 24.2 Å². The van der Waals surface area contributed by atoms with Crippen molar-refractivity contribution >= 4 is 0 Å². The van der Waals surface area contributed by atoms with E-state index in [0.29, 0.717) is 0 Å². The molecule has 2 heteroatoms. The molecule has 0 bridgehead atoms. The zero-order valence-corrected chi connectivity index (χ0v) is 9.21. The van der Waals surface area contributed by atoms with Crippen molar-refractivity contribution in [2.24, 2.45) is 5.73 Å². The second-order valence-electron chi connectivity index (χ2n) is 3.44. The predicted octanol–water partition coefficient (Wildman–Crippen LogP) is 2.67. The molecule has 0 spiro atoms. The van der Waals surface area contributed by atoms with Gasteiger partial charge in [0.2, 0.25) is 0 Å². The molecule has 0 fully saturated rings. The van der Waals surface area contributed by atoms with E-state index in [1.807, 2.05) is 6.07 Å². The highest BCUT2D eigenvalue weighted by Gasteiger charge is 2.10. The molecule has 0 heterocycles. The summed E-state index contributed by atoms with van der Waals surface area (Å²) in [5, 5.41) is 0. The number of rotatable bonds is 4. The number of benzene rings is 1. The van der Waals surface area contributed by atoms with Crippen LogP contribution >= 0.6 is 0 Å². The highest BCUT2D eigenvalue weighted by Crippen LogP contribution is 2.26. The molecular weight excluding hydrogens is 174 g/mol. The van der Waals surface area contributed by atoms with Crippen molar-refractivity contribution in [3.8, 4) is 5.75 Å². The van der Waals surface area contributed by atoms with Gasteiger partial charge in [0, 0.05) is 11.6 Å². The number of hydrogen-bond donors (Lipinski definition) is 1. The Morgan fingerprint density at radius 1 is 1.36 bits per heavy atom. The number of nitrogens with two attached hydrogens (primary N) is 1. The van der Waals surface area contributed by atoms with Gasteiger partial charge in [0.1, 0.15) is 5.75 Å². The maximum atomic E-state index is 6.01. The zero-order valence-electron chi connectivity index (χ0n) is 9.21. The Morgan fingerprint density at radius 2 is 2.07 bits per heavy atom. The molecule has 1 atom stereocenters. The van der Waals surface area contributed by atoms with E-state index in [1.165, 1.54) is 5.56 Å². The van der Waals surface area contributed by atoms with E-state index in [1.54, 1.807) is 7.11 Å². The van der Waals surface area contributed by atoms with Crippen molar-refractivity contribution in [1.29, 1.82) is 0 Å². The Morgan fingerprint density at radius 3 is 2.57 bits per heavy atom. The van der Waals surface area contributed by atoms with Crippen molar-refractivity contribution < 1.29 is 4.74 Å². The van der Waals surface area contributed by atoms with Gasteiger partial charge in [-0.05, 0) is 24.5 Å². The third-order valence-electron chi connectivity index (χ3n) is 2.54. The van der Waals surface area contributed by atoms with E-state index >= 15 is 0 Å². The van der Waals surface area contributed by atoms with Crippen LogP contribution in [-0.4, -0.2) is 7.11 Å². The van der Waals surface area contributed by atoms with Crippen LogP contribution in [0.15, 0.2) is 18.2 Å². The Bertz CT molecular complexity index is 296. The summed E-state index contributed by atoms with van der Waals surface area (Å²) >= 11 is 0. The van der Waals surface area contributed by atoms with E-state index in [-0.39, 0.29) is 6.04 Å². The van der Waals surface area contributed by atoms with Gasteiger partial charge in [0.25, 0.3) is 0 Å². The Balaban J connectivity index is 3.08. The molecule has 0 aromatic heterocycles. The molecular formula is C12H19NO. The van der Waals surface area contributed by atoms with Crippen LogP contribution in [0.2, 0.25) is 0 Å². The summed E-state index contributed by atoms with van der Waals surface area (Å²) in [4.78, 5) is 0. The number of methoxy groups -OCH3 is 1. The molecule has 0 saturated carbocycles. The van der Waals surface area contributed by atoms with Crippen LogP contribution < -0.4 is 10.5 Å². The number of ether oxygens (including phenoxy) is 1. The van der Waals surface area contributed by atoms with Gasteiger partial charge in [-0.25, -0.2) is 0 Å². The van der Waals surface area contributed by atoms with Crippen LogP contribution in [0.1, 0.15) is 37.4 Å². The monoisotopic (exact) mass is 193 g/mol. The minimum Gasteiger partial charge on any atom is -0.496 e. The van der Waals surface area contributed by atoms with Gasteiger partial charge in [-0.2, -0.15) is 0 Å². The molecule has 0 radical (unpaired) electrons. The Hall–Kier alpha value is -1.02. The molecule has 1 aromatic rings. The first-order valence-corrected chi connectivity index (χ1v) is 5.15. The summed E-state index contributed by atoms with van der Waals surface area (Å²) in [6, 6.07) is 6.32. The fraction of sp³-hybridized carbons (Fsp3) is 0.500. The molecule has 14 heavy (non-hydrogen) atoms. The summed E-state index contributed by atoms with van der Waals surface area (Å²) in [5.41, 5.74) is 8.44. The average molecular weight is 193 g/mol. The molecule has 1 rings (SSSR count). The third kappa shape index (κ3) is 2.26. The molecule has 0 aliphatic carbocycles. The molecule has 0 saturated heterocycles. The minimum atomic E-state index is 0.0800. The molecule has 78 valence electrons. The first-order valence-electron chi connectivity index (χ1n) is 5.15. The summed E-state index contributed by atoms with van der Waals surface area (Å²) in [5.74, 6) is 0.900. The Kier molecular flexibility index (Phi) is 3.96. The van der Waals surface area contributed by atoms with Crippen molar-refractivity contribution in [2.75, 3.05) is 7.11 Å². The summed E-state index contributed by atoms with van der Waals surface area (Å²) in [6.45, 7) is 4.23. The quantitative estimate of drug-likeness (QED) is 0.798. The van der Waals surface area contributed by atoms with E-state index in [4.69, 9.17) is 10.5 Å². The smallest absolute Gasteiger partial charge is 0.123 e. The molecule has 2 nitrogen and oxygen atoms in total. The van der Waals surface area contributed by atoms with Crippen LogP contribution in [0.3, 0.4) is 0 Å². The van der Waals surface area contributed by atoms with Crippen molar-refractivity contribution in [3.05, 3.63) is 29.3 Å². The van der Waals surface area contributed by atoms with Crippen LogP contribution in [0, 0.1) is 0 Å². The fourth-order valence-electron chi connectivity index (χ4n) is 1.51. The van der Waals surface area contributed by atoms with Crippen LogP contribution in [0.4, 0.5) is 0 Å². The predicted molar refractivity (Wildman–Crippen MR) is 59.6 cm³/mol. The Labute approximate surface area is 86.1 Å². The topological polar surface area (TPSA) is 35.2 Å². The van der Waals surface area contributed by atoms with Crippen molar-refractivity contribution in [3.63, 3.8) is 0 Å². The molecule has 1 unspecified atom stereocenters. The molecule has 0 aliphatic heterocycles. The highest BCUT2D eigenvalue weighted by molar-refractivity contribution is 5.39. The lowest BCUT2D eigenvalue weighted by atomic mass is 10.0. The van der Waals surface area contributed by atoms with Gasteiger partial charge >= 0.3 is 0 Å². The van der Waals surface area contributed by atoms with Gasteiger partial charge in [-0.15, -0.1) is 0 Å². The van der Waals surface area contributed by atoms with Crippen LogP contribution in [-0.2, 0) is 6.42 Å². The second-order valence-corrected chi connectivity index (χ2v) is 3.44. The first kappa shape index (κ1) is 11.1. The summed E-state index contributed by atoms with van der Waals surface area (Å²) < 4.78 is 5.29. The third-order valence-corrected chi connectivity index (χ3v) is 2.54. The van der Waals surface area contributed by atoms with Gasteiger partial charge < -0.3 is 10.5 Å². The maximum absolute atomic E-state index is 6.01. The van der Waals surface area contributed by atoms with Crippen LogP contribution in [0.5, 0.6) is 5.75 Å². The zero-order chi connectivity index (χ0) is 10.6. The van der Waals surface area contributed by atoms with Crippen molar-refractivity contribution in [1.82, 2.24) is 0 Å². The lowest BCUT2D eigenvalue weighted by Crippen LogP contribution is -2.10. The summed E-state index contributed by atoms with van der Waals surface area (Å²) in [7, 11) is 1.69. The van der Waals surface area contributed by atoms with Gasteiger partial charge in [-0.3, -0.25) is 0 Å². The second kappa shape index (κ2) is 5.01. The SMILES string of the molecule is CCc1ccc(OC)c(C(N)CC)c1. The standard InChI is InChI=1S/C12H19NO/c1-4-9-6-7-12(14-3)10(8-9)11(13)5-2/h6-8,11H,4-5,13H2,1-3H3. The van der Waals surface area contributed by atoms with Crippen molar-refractivity contribution in [2.45, 2.75) is 32.7 Å². The first-order chi connectivity index (χ1) is 6.72. The fourth-order valence-corrected chi connectivity index (χ4v) is 1.51.